The number of benzene rings is 1. The maximum Gasteiger partial charge on any atom is 0.223 e. The van der Waals surface area contributed by atoms with Crippen LogP contribution in [0.3, 0.4) is 0 Å². The summed E-state index contributed by atoms with van der Waals surface area (Å²) < 4.78 is 5.04. The topological polar surface area (TPSA) is 83.5 Å². The predicted molar refractivity (Wildman–Crippen MR) is 132 cm³/mol. The highest BCUT2D eigenvalue weighted by atomic mass is 32.1. The van der Waals surface area contributed by atoms with Crippen molar-refractivity contribution in [1.82, 2.24) is 10.3 Å². The molecule has 1 amide bonds. The van der Waals surface area contributed by atoms with Gasteiger partial charge >= 0.3 is 0 Å². The second kappa shape index (κ2) is 10.1. The number of methoxy groups -OCH3 is 1. The smallest absolute Gasteiger partial charge is 0.223 e. The molecule has 0 radical (unpaired) electrons. The van der Waals surface area contributed by atoms with Crippen molar-refractivity contribution in [3.8, 4) is 0 Å². The average molecular weight is 472 g/mol. The van der Waals surface area contributed by atoms with Gasteiger partial charge in [0, 0.05) is 36.9 Å². The van der Waals surface area contributed by atoms with Crippen LogP contribution < -0.4 is 10.6 Å². The maximum absolute atomic E-state index is 12.7. The van der Waals surface area contributed by atoms with Crippen LogP contribution in [0.1, 0.15) is 55.7 Å². The Balaban J connectivity index is 1.48. The highest BCUT2D eigenvalue weighted by molar-refractivity contribution is 7.15. The summed E-state index contributed by atoms with van der Waals surface area (Å²) in [6.07, 6.45) is 2.31. The van der Waals surface area contributed by atoms with Crippen molar-refractivity contribution in [2.45, 2.75) is 58.6 Å². The van der Waals surface area contributed by atoms with E-state index >= 15 is 0 Å². The number of hydrogen-bond donors (Lipinski definition) is 3. The van der Waals surface area contributed by atoms with Gasteiger partial charge in [0.15, 0.2) is 5.13 Å². The largest absolute Gasteiger partial charge is 0.392 e. The zero-order valence-corrected chi connectivity index (χ0v) is 21.0. The second-order valence-electron chi connectivity index (χ2n) is 10.1. The van der Waals surface area contributed by atoms with E-state index in [1.165, 1.54) is 10.4 Å². The van der Waals surface area contributed by atoms with Gasteiger partial charge in [-0.2, -0.15) is 0 Å². The average Bonchev–Trinajstić information content (AvgIpc) is 3.20. The van der Waals surface area contributed by atoms with Crippen molar-refractivity contribution >= 4 is 22.4 Å². The molecule has 2 aliphatic carbocycles. The Kier molecular flexibility index (Phi) is 7.41. The van der Waals surface area contributed by atoms with Gasteiger partial charge in [-0.1, -0.05) is 51.1 Å². The molecule has 6 nitrogen and oxygen atoms in total. The molecule has 1 fully saturated rings. The zero-order valence-electron chi connectivity index (χ0n) is 20.1. The van der Waals surface area contributed by atoms with Gasteiger partial charge in [-0.05, 0) is 42.1 Å². The fourth-order valence-electron chi connectivity index (χ4n) is 6.03. The first-order valence-corrected chi connectivity index (χ1v) is 12.9. The molecule has 180 valence electrons. The molecule has 1 saturated carbocycles. The number of hydrogen-bond acceptors (Lipinski definition) is 6. The summed E-state index contributed by atoms with van der Waals surface area (Å²) in [7, 11) is 1.63. The van der Waals surface area contributed by atoms with Crippen LogP contribution in [0.25, 0.3) is 0 Å². The summed E-state index contributed by atoms with van der Waals surface area (Å²) in [4.78, 5) is 19.0. The number of aliphatic hydroxyl groups excluding tert-OH is 1. The number of aromatic nitrogens is 1. The molecule has 0 bridgehead atoms. The van der Waals surface area contributed by atoms with E-state index in [9.17, 15) is 9.90 Å². The minimum absolute atomic E-state index is 0.00455. The Morgan fingerprint density at radius 2 is 2.12 bits per heavy atom. The number of ether oxygens (including phenoxy) is 1. The van der Waals surface area contributed by atoms with Crippen LogP contribution in [0.15, 0.2) is 30.3 Å². The van der Waals surface area contributed by atoms with Crippen LogP contribution in [0.5, 0.6) is 0 Å². The fraction of sp³-hybridized carbons (Fsp3) is 0.615. The quantitative estimate of drug-likeness (QED) is 0.503. The second-order valence-corrected chi connectivity index (χ2v) is 11.2. The molecule has 0 aliphatic heterocycles. The number of rotatable bonds is 8. The van der Waals surface area contributed by atoms with E-state index in [0.29, 0.717) is 13.2 Å². The summed E-state index contributed by atoms with van der Waals surface area (Å²) in [5.74, 6) is -0.00624. The van der Waals surface area contributed by atoms with Crippen molar-refractivity contribution in [3.63, 3.8) is 0 Å². The Hall–Kier alpha value is -1.96. The molecular formula is C26H37N3O3S. The molecule has 3 N–H and O–H groups in total. The number of fused-ring (bicyclic) bond motifs is 2. The van der Waals surface area contributed by atoms with Gasteiger partial charge in [-0.3, -0.25) is 4.79 Å². The van der Waals surface area contributed by atoms with Gasteiger partial charge in [0.1, 0.15) is 0 Å². The molecule has 4 rings (SSSR count). The number of nitrogens with one attached hydrogen (secondary N) is 2. The molecular weight excluding hydrogens is 434 g/mol. The van der Waals surface area contributed by atoms with E-state index in [4.69, 9.17) is 9.72 Å². The molecule has 1 aromatic carbocycles. The number of thiazole rings is 1. The monoisotopic (exact) mass is 471 g/mol. The van der Waals surface area contributed by atoms with Crippen LogP contribution in [0.4, 0.5) is 5.13 Å². The molecule has 2 aromatic rings. The van der Waals surface area contributed by atoms with Gasteiger partial charge in [0.25, 0.3) is 0 Å². The highest BCUT2D eigenvalue weighted by Crippen LogP contribution is 2.57. The zero-order chi connectivity index (χ0) is 23.6. The molecule has 1 aromatic heterocycles. The van der Waals surface area contributed by atoms with Gasteiger partial charge < -0.3 is 20.5 Å². The summed E-state index contributed by atoms with van der Waals surface area (Å²) in [6, 6.07) is 10.4. The summed E-state index contributed by atoms with van der Waals surface area (Å²) >= 11 is 1.76. The van der Waals surface area contributed by atoms with E-state index < -0.39 is 6.10 Å². The maximum atomic E-state index is 12.7. The molecule has 0 unspecified atom stereocenters. The Morgan fingerprint density at radius 1 is 1.36 bits per heavy atom. The first-order chi connectivity index (χ1) is 15.8. The lowest BCUT2D eigenvalue weighted by Gasteiger charge is -2.53. The van der Waals surface area contributed by atoms with Crippen LogP contribution in [0.2, 0.25) is 0 Å². The van der Waals surface area contributed by atoms with E-state index in [2.05, 4.69) is 36.6 Å². The minimum Gasteiger partial charge on any atom is -0.392 e. The Morgan fingerprint density at radius 3 is 2.85 bits per heavy atom. The third-order valence-electron chi connectivity index (χ3n) is 7.87. The lowest BCUT2D eigenvalue weighted by molar-refractivity contribution is -0.135. The number of carbonyl (C=O) groups is 1. The Labute approximate surface area is 201 Å². The lowest BCUT2D eigenvalue weighted by Crippen LogP contribution is -2.53. The summed E-state index contributed by atoms with van der Waals surface area (Å²) in [5, 5.41) is 18.9. The molecule has 2 aliphatic rings. The number of anilines is 1. The van der Waals surface area contributed by atoms with Crippen LogP contribution in [-0.4, -0.2) is 42.4 Å². The van der Waals surface area contributed by atoms with Gasteiger partial charge in [-0.25, -0.2) is 4.98 Å². The molecule has 33 heavy (non-hydrogen) atoms. The minimum atomic E-state index is -0.516. The van der Waals surface area contributed by atoms with Crippen LogP contribution in [-0.2, 0) is 22.5 Å². The van der Waals surface area contributed by atoms with Gasteiger partial charge in [0.2, 0.25) is 5.91 Å². The predicted octanol–water partition coefficient (Wildman–Crippen LogP) is 4.21. The van der Waals surface area contributed by atoms with Crippen molar-refractivity contribution in [2.24, 2.45) is 23.2 Å². The van der Waals surface area contributed by atoms with E-state index in [0.717, 1.165) is 36.6 Å². The van der Waals surface area contributed by atoms with Crippen LogP contribution >= 0.6 is 11.3 Å². The molecule has 0 spiro atoms. The third-order valence-corrected chi connectivity index (χ3v) is 8.90. The number of nitrogens with zero attached hydrogens (tertiary/aromatic N) is 1. The molecule has 6 atom stereocenters. The van der Waals surface area contributed by atoms with Gasteiger partial charge in [0.05, 0.1) is 18.4 Å². The summed E-state index contributed by atoms with van der Waals surface area (Å²) in [6.45, 7) is 8.22. The fourth-order valence-corrected chi connectivity index (χ4v) is 7.29. The number of carbonyl (C=O) groups excluding carboxylic acids is 1. The van der Waals surface area contributed by atoms with Crippen molar-refractivity contribution in [3.05, 3.63) is 46.5 Å². The van der Waals surface area contributed by atoms with E-state index in [-0.39, 0.29) is 35.0 Å². The first kappa shape index (κ1) is 24.2. The van der Waals surface area contributed by atoms with Crippen molar-refractivity contribution in [2.75, 3.05) is 25.6 Å². The third kappa shape index (κ3) is 4.96. The number of amides is 1. The lowest BCUT2D eigenvalue weighted by atomic mass is 9.53. The number of aliphatic hydroxyl groups is 1. The highest BCUT2D eigenvalue weighted by Gasteiger charge is 2.53. The van der Waals surface area contributed by atoms with Gasteiger partial charge in [-0.15, -0.1) is 11.3 Å². The molecule has 0 saturated heterocycles. The van der Waals surface area contributed by atoms with Crippen molar-refractivity contribution in [1.29, 1.82) is 0 Å². The first-order valence-electron chi connectivity index (χ1n) is 12.1. The standard InChI is InChI=1S/C26H37N3O3S/c1-16(24(31)27-12-13-32-4)19-10-11-26(3)14-20-22(17(2)21(26)23(19)30)29-25(33-20)28-15-18-8-6-5-7-9-18/h5-9,16-17,19,21,23,30H,10-15H2,1-4H3,(H,27,31)(H,28,29)/t16-,17+,19+,21+,23-,26+/m0/s1. The summed E-state index contributed by atoms with van der Waals surface area (Å²) in [5.41, 5.74) is 2.38. The normalized spacial score (nSPS) is 29.6. The SMILES string of the molecule is COCCNC(=O)[C@@H](C)[C@H]1CC[C@]2(C)Cc3sc(NCc4ccccc4)nc3[C@H](C)[C@@H]2[C@H]1O. The molecule has 7 heteroatoms. The van der Waals surface area contributed by atoms with E-state index in [1.54, 1.807) is 18.4 Å². The van der Waals surface area contributed by atoms with Crippen LogP contribution in [0, 0.1) is 23.2 Å². The Bertz CT molecular complexity index is 950. The molecule has 1 heterocycles. The van der Waals surface area contributed by atoms with E-state index in [1.807, 2.05) is 25.1 Å². The van der Waals surface area contributed by atoms with Crippen molar-refractivity contribution < 1.29 is 14.6 Å².